The molecule has 32 heavy (non-hydrogen) atoms. The average Bonchev–Trinajstić information content (AvgIpc) is 3.47. The highest BCUT2D eigenvalue weighted by Gasteiger charge is 2.18. The van der Waals surface area contributed by atoms with Crippen LogP contribution in [0, 0.1) is 0 Å². The van der Waals surface area contributed by atoms with Gasteiger partial charge in [-0.25, -0.2) is 9.50 Å². The normalized spacial score (nSPS) is 14.3. The average molecular weight is 441 g/mol. The standard InChI is InChI=1S/C25H20N4O2S/c30-25(28-11-13-31-14-12-28)18-7-5-17(6-8-18)20-9-10-24-26-16-21(29(24)27-20)23-15-19-3-1-2-4-22(19)32-23/h1-10,15-16H,11-14H2. The second kappa shape index (κ2) is 7.85. The largest absolute Gasteiger partial charge is 0.378 e. The van der Waals surface area contributed by atoms with Gasteiger partial charge in [0.05, 0.1) is 30.0 Å². The van der Waals surface area contributed by atoms with Crippen molar-refractivity contribution < 1.29 is 9.53 Å². The molecule has 5 aromatic rings. The number of morpholine rings is 1. The van der Waals surface area contributed by atoms with Crippen LogP contribution in [0.5, 0.6) is 0 Å². The lowest BCUT2D eigenvalue weighted by Gasteiger charge is -2.26. The highest BCUT2D eigenvalue weighted by molar-refractivity contribution is 7.22. The van der Waals surface area contributed by atoms with Crippen LogP contribution in [0.1, 0.15) is 10.4 Å². The van der Waals surface area contributed by atoms with Gasteiger partial charge in [-0.2, -0.15) is 5.10 Å². The number of fused-ring (bicyclic) bond motifs is 2. The number of carbonyl (C=O) groups excluding carboxylic acids is 1. The Hall–Kier alpha value is -3.55. The Morgan fingerprint density at radius 1 is 0.969 bits per heavy atom. The summed E-state index contributed by atoms with van der Waals surface area (Å²) < 4.78 is 8.48. The molecule has 0 atom stereocenters. The Balaban J connectivity index is 1.33. The van der Waals surface area contributed by atoms with Crippen molar-refractivity contribution in [2.75, 3.05) is 26.3 Å². The monoisotopic (exact) mass is 440 g/mol. The van der Waals surface area contributed by atoms with E-state index in [1.54, 1.807) is 11.3 Å². The maximum absolute atomic E-state index is 12.7. The van der Waals surface area contributed by atoms with Crippen LogP contribution < -0.4 is 0 Å². The Morgan fingerprint density at radius 3 is 2.59 bits per heavy atom. The van der Waals surface area contributed by atoms with Gasteiger partial charge in [-0.3, -0.25) is 4.79 Å². The van der Waals surface area contributed by atoms with Crippen molar-refractivity contribution in [2.24, 2.45) is 0 Å². The Kier molecular flexibility index (Phi) is 4.70. The van der Waals surface area contributed by atoms with E-state index in [1.165, 1.54) is 10.1 Å². The first-order valence-electron chi connectivity index (χ1n) is 10.6. The van der Waals surface area contributed by atoms with E-state index in [0.717, 1.165) is 27.5 Å². The zero-order chi connectivity index (χ0) is 21.5. The SMILES string of the molecule is O=C(c1ccc(-c2ccc3ncc(-c4cc5ccccc5s4)n3n2)cc1)N1CCOCC1. The molecule has 4 heterocycles. The van der Waals surface area contributed by atoms with Gasteiger partial charge < -0.3 is 9.64 Å². The fraction of sp³-hybridized carbons (Fsp3) is 0.160. The summed E-state index contributed by atoms with van der Waals surface area (Å²) in [5, 5.41) is 6.09. The van der Waals surface area contributed by atoms with Crippen molar-refractivity contribution in [3.8, 4) is 21.8 Å². The molecule has 0 bridgehead atoms. The van der Waals surface area contributed by atoms with Crippen LogP contribution in [-0.2, 0) is 4.74 Å². The van der Waals surface area contributed by atoms with Crippen molar-refractivity contribution in [1.82, 2.24) is 19.5 Å². The van der Waals surface area contributed by atoms with Crippen LogP contribution >= 0.6 is 11.3 Å². The van der Waals surface area contributed by atoms with E-state index in [1.807, 2.05) is 52.0 Å². The third kappa shape index (κ3) is 3.36. The fourth-order valence-corrected chi connectivity index (χ4v) is 5.09. The zero-order valence-corrected chi connectivity index (χ0v) is 18.1. The summed E-state index contributed by atoms with van der Waals surface area (Å²) in [5.74, 6) is 0.0462. The van der Waals surface area contributed by atoms with Crippen LogP contribution in [0.25, 0.3) is 37.6 Å². The van der Waals surface area contributed by atoms with Gasteiger partial charge in [0, 0.05) is 28.9 Å². The molecule has 0 spiro atoms. The van der Waals surface area contributed by atoms with Crippen molar-refractivity contribution in [3.63, 3.8) is 0 Å². The lowest BCUT2D eigenvalue weighted by Crippen LogP contribution is -2.40. The third-order valence-electron chi connectivity index (χ3n) is 5.77. The van der Waals surface area contributed by atoms with Gasteiger partial charge in [0.25, 0.3) is 5.91 Å². The lowest BCUT2D eigenvalue weighted by atomic mass is 10.1. The summed E-state index contributed by atoms with van der Waals surface area (Å²) in [6.07, 6.45) is 1.88. The van der Waals surface area contributed by atoms with Crippen LogP contribution in [0.2, 0.25) is 0 Å². The van der Waals surface area contributed by atoms with Crippen LogP contribution in [0.4, 0.5) is 0 Å². The summed E-state index contributed by atoms with van der Waals surface area (Å²) in [4.78, 5) is 20.2. The molecule has 1 fully saturated rings. The second-order valence-electron chi connectivity index (χ2n) is 7.76. The predicted molar refractivity (Wildman–Crippen MR) is 126 cm³/mol. The molecule has 0 saturated carbocycles. The smallest absolute Gasteiger partial charge is 0.254 e. The van der Waals surface area contributed by atoms with Gasteiger partial charge in [0.15, 0.2) is 5.65 Å². The number of hydrogen-bond acceptors (Lipinski definition) is 5. The summed E-state index contributed by atoms with van der Waals surface area (Å²) in [6, 6.07) is 22.2. The molecular formula is C25H20N4O2S. The van der Waals surface area contributed by atoms with E-state index >= 15 is 0 Å². The number of thiophene rings is 1. The Labute approximate surface area is 188 Å². The number of benzene rings is 2. The molecule has 7 heteroatoms. The Morgan fingerprint density at radius 2 is 1.78 bits per heavy atom. The van der Waals surface area contributed by atoms with Crippen molar-refractivity contribution in [2.45, 2.75) is 0 Å². The molecule has 1 saturated heterocycles. The van der Waals surface area contributed by atoms with E-state index in [9.17, 15) is 4.79 Å². The number of carbonyl (C=O) groups is 1. The minimum Gasteiger partial charge on any atom is -0.378 e. The van der Waals surface area contributed by atoms with Crippen LogP contribution in [0.15, 0.2) is 72.9 Å². The molecular weight excluding hydrogens is 420 g/mol. The molecule has 0 unspecified atom stereocenters. The quantitative estimate of drug-likeness (QED) is 0.406. The zero-order valence-electron chi connectivity index (χ0n) is 17.3. The molecule has 0 aliphatic carbocycles. The fourth-order valence-electron chi connectivity index (χ4n) is 4.04. The first-order valence-corrected chi connectivity index (χ1v) is 11.4. The molecule has 6 nitrogen and oxygen atoms in total. The van der Waals surface area contributed by atoms with Gasteiger partial charge in [-0.1, -0.05) is 30.3 Å². The number of amides is 1. The van der Waals surface area contributed by atoms with Crippen LogP contribution in [-0.4, -0.2) is 51.7 Å². The molecule has 3 aromatic heterocycles. The topological polar surface area (TPSA) is 59.7 Å². The molecule has 6 rings (SSSR count). The van der Waals surface area contributed by atoms with E-state index in [-0.39, 0.29) is 5.91 Å². The summed E-state index contributed by atoms with van der Waals surface area (Å²) >= 11 is 1.74. The molecule has 1 aliphatic heterocycles. The maximum Gasteiger partial charge on any atom is 0.254 e. The maximum atomic E-state index is 12.7. The van der Waals surface area contributed by atoms with Gasteiger partial charge in [-0.15, -0.1) is 11.3 Å². The molecule has 2 aromatic carbocycles. The minimum atomic E-state index is 0.0462. The summed E-state index contributed by atoms with van der Waals surface area (Å²) in [5.41, 5.74) is 4.26. The number of nitrogens with zero attached hydrogens (tertiary/aromatic N) is 4. The van der Waals surface area contributed by atoms with Gasteiger partial charge in [-0.05, 0) is 41.8 Å². The predicted octanol–water partition coefficient (Wildman–Crippen LogP) is 4.75. The van der Waals surface area contributed by atoms with E-state index < -0.39 is 0 Å². The van der Waals surface area contributed by atoms with Crippen molar-refractivity contribution in [3.05, 3.63) is 78.5 Å². The van der Waals surface area contributed by atoms with Gasteiger partial charge in [0.2, 0.25) is 0 Å². The van der Waals surface area contributed by atoms with E-state index in [0.29, 0.717) is 31.9 Å². The van der Waals surface area contributed by atoms with Crippen molar-refractivity contribution >= 4 is 33.0 Å². The highest BCUT2D eigenvalue weighted by Crippen LogP contribution is 2.33. The molecule has 0 N–H and O–H groups in total. The number of rotatable bonds is 3. The number of hydrogen-bond donors (Lipinski definition) is 0. The van der Waals surface area contributed by atoms with Gasteiger partial charge in [0.1, 0.15) is 5.69 Å². The molecule has 1 aliphatic rings. The number of aromatic nitrogens is 3. The summed E-state index contributed by atoms with van der Waals surface area (Å²) in [6.45, 7) is 2.47. The summed E-state index contributed by atoms with van der Waals surface area (Å²) in [7, 11) is 0. The first kappa shape index (κ1) is 19.2. The highest BCUT2D eigenvalue weighted by atomic mass is 32.1. The van der Waals surface area contributed by atoms with Crippen molar-refractivity contribution in [1.29, 1.82) is 0 Å². The number of imidazole rings is 1. The van der Waals surface area contributed by atoms with E-state index in [2.05, 4.69) is 35.3 Å². The first-order chi connectivity index (χ1) is 15.8. The van der Waals surface area contributed by atoms with Crippen LogP contribution in [0.3, 0.4) is 0 Å². The third-order valence-corrected chi connectivity index (χ3v) is 6.90. The van der Waals surface area contributed by atoms with E-state index in [4.69, 9.17) is 9.84 Å². The molecule has 158 valence electrons. The number of ether oxygens (including phenoxy) is 1. The molecule has 1 amide bonds. The van der Waals surface area contributed by atoms with Gasteiger partial charge >= 0.3 is 0 Å². The Bertz CT molecular complexity index is 1400. The molecule has 0 radical (unpaired) electrons. The second-order valence-corrected chi connectivity index (χ2v) is 8.85. The lowest BCUT2D eigenvalue weighted by molar-refractivity contribution is 0.0303. The minimum absolute atomic E-state index is 0.0462.